The third kappa shape index (κ3) is 3.90. The van der Waals surface area contributed by atoms with E-state index in [-0.39, 0.29) is 13.0 Å². The Kier molecular flexibility index (Phi) is 4.57. The minimum absolute atomic E-state index is 0.0394. The molecule has 0 unspecified atom stereocenters. The lowest BCUT2D eigenvalue weighted by atomic mass is 10.1. The minimum Gasteiger partial charge on any atom is -0.479 e. The van der Waals surface area contributed by atoms with Gasteiger partial charge < -0.3 is 15.2 Å². The average Bonchev–Trinajstić information content (AvgIpc) is 2.73. The number of hydrogen-bond donors (Lipinski definition) is 2. The van der Waals surface area contributed by atoms with Crippen LogP contribution in [0.4, 0.5) is 0 Å². The van der Waals surface area contributed by atoms with E-state index in [0.717, 1.165) is 6.26 Å². The second-order valence-corrected chi connectivity index (χ2v) is 7.93. The van der Waals surface area contributed by atoms with Gasteiger partial charge in [-0.05, 0) is 26.7 Å². The van der Waals surface area contributed by atoms with E-state index in [9.17, 15) is 18.0 Å². The number of rotatable bonds is 5. The summed E-state index contributed by atoms with van der Waals surface area (Å²) in [6, 6.07) is 0. The molecule has 19 heavy (non-hydrogen) atoms. The fourth-order valence-electron chi connectivity index (χ4n) is 1.56. The monoisotopic (exact) mass is 293 g/mol. The second kappa shape index (κ2) is 5.46. The number of amides is 1. The Morgan fingerprint density at radius 3 is 2.26 bits per heavy atom. The Balaban J connectivity index is 2.52. The molecule has 0 saturated carbocycles. The van der Waals surface area contributed by atoms with Crippen LogP contribution in [0.2, 0.25) is 0 Å². The van der Waals surface area contributed by atoms with Gasteiger partial charge in [0.2, 0.25) is 5.91 Å². The largest absolute Gasteiger partial charge is 0.479 e. The summed E-state index contributed by atoms with van der Waals surface area (Å²) >= 11 is 0. The highest BCUT2D eigenvalue weighted by Crippen LogP contribution is 2.20. The molecular formula is C11H19NO6S. The molecule has 0 aromatic heterocycles. The number of carbonyl (C=O) groups is 2. The van der Waals surface area contributed by atoms with E-state index in [1.807, 2.05) is 0 Å². The van der Waals surface area contributed by atoms with Gasteiger partial charge in [-0.2, -0.15) is 0 Å². The van der Waals surface area contributed by atoms with Gasteiger partial charge in [0.15, 0.2) is 15.9 Å². The molecule has 1 heterocycles. The van der Waals surface area contributed by atoms with Crippen molar-refractivity contribution in [2.45, 2.75) is 43.6 Å². The van der Waals surface area contributed by atoms with Gasteiger partial charge in [0.05, 0.1) is 4.75 Å². The highest BCUT2D eigenvalue weighted by Gasteiger charge is 2.36. The Morgan fingerprint density at radius 1 is 1.32 bits per heavy atom. The summed E-state index contributed by atoms with van der Waals surface area (Å²) in [4.78, 5) is 22.4. The molecule has 8 heteroatoms. The van der Waals surface area contributed by atoms with Crippen LogP contribution in [0.3, 0.4) is 0 Å². The molecule has 0 radical (unpaired) electrons. The number of carboxylic acid groups (broad SMARTS) is 1. The summed E-state index contributed by atoms with van der Waals surface area (Å²) in [5.74, 6) is -1.56. The van der Waals surface area contributed by atoms with E-state index in [1.54, 1.807) is 0 Å². The molecule has 1 fully saturated rings. The summed E-state index contributed by atoms with van der Waals surface area (Å²) in [5, 5.41) is 11.2. The number of aliphatic carboxylic acids is 1. The van der Waals surface area contributed by atoms with Gasteiger partial charge in [-0.15, -0.1) is 0 Å². The Labute approximate surface area is 112 Å². The lowest BCUT2D eigenvalue weighted by Crippen LogP contribution is -2.46. The molecule has 0 bridgehead atoms. The topological polar surface area (TPSA) is 110 Å². The van der Waals surface area contributed by atoms with Crippen LogP contribution in [0, 0.1) is 0 Å². The standard InChI is InChI=1S/C11H19NO6S/c1-11(2,19(3,16)17)6-12-9(13)7-4-5-8(18-7)10(14)15/h7-8H,4-6H2,1-3H3,(H,12,13)(H,14,15)/t7-,8+/m0/s1. The van der Waals surface area contributed by atoms with Crippen molar-refractivity contribution in [1.29, 1.82) is 0 Å². The molecule has 1 aliphatic heterocycles. The maximum absolute atomic E-state index is 11.8. The molecule has 0 aliphatic carbocycles. The lowest BCUT2D eigenvalue weighted by molar-refractivity contribution is -0.151. The summed E-state index contributed by atoms with van der Waals surface area (Å²) in [7, 11) is -3.30. The first-order valence-corrected chi connectivity index (χ1v) is 7.79. The average molecular weight is 293 g/mol. The molecular weight excluding hydrogens is 274 g/mol. The Morgan fingerprint density at radius 2 is 1.84 bits per heavy atom. The third-order valence-electron chi connectivity index (χ3n) is 3.28. The van der Waals surface area contributed by atoms with Gasteiger partial charge in [-0.1, -0.05) is 0 Å². The van der Waals surface area contributed by atoms with Gasteiger partial charge in [0.25, 0.3) is 0 Å². The van der Waals surface area contributed by atoms with E-state index >= 15 is 0 Å². The number of ether oxygens (including phenoxy) is 1. The smallest absolute Gasteiger partial charge is 0.332 e. The predicted octanol–water partition coefficient (Wildman–Crippen LogP) is -0.442. The van der Waals surface area contributed by atoms with Crippen molar-refractivity contribution in [3.8, 4) is 0 Å². The number of carbonyl (C=O) groups excluding carboxylic acids is 1. The van der Waals surface area contributed by atoms with E-state index in [1.165, 1.54) is 13.8 Å². The predicted molar refractivity (Wildman–Crippen MR) is 67.5 cm³/mol. The van der Waals surface area contributed by atoms with E-state index in [0.29, 0.717) is 6.42 Å². The van der Waals surface area contributed by atoms with Crippen molar-refractivity contribution in [3.05, 3.63) is 0 Å². The lowest BCUT2D eigenvalue weighted by Gasteiger charge is -2.23. The van der Waals surface area contributed by atoms with Crippen molar-refractivity contribution in [3.63, 3.8) is 0 Å². The van der Waals surface area contributed by atoms with Crippen LogP contribution < -0.4 is 5.32 Å². The van der Waals surface area contributed by atoms with Crippen molar-refractivity contribution in [2.24, 2.45) is 0 Å². The SMILES string of the molecule is CC(C)(CNC(=O)[C@@H]1CC[C@H](C(=O)O)O1)S(C)(=O)=O. The summed E-state index contributed by atoms with van der Waals surface area (Å²) in [6.45, 7) is 2.98. The highest BCUT2D eigenvalue weighted by molar-refractivity contribution is 7.92. The molecule has 110 valence electrons. The van der Waals surface area contributed by atoms with Crippen LogP contribution in [0.5, 0.6) is 0 Å². The fourth-order valence-corrected chi connectivity index (χ4v) is 1.89. The number of carboxylic acids is 1. The highest BCUT2D eigenvalue weighted by atomic mass is 32.2. The van der Waals surface area contributed by atoms with Crippen molar-refractivity contribution >= 4 is 21.7 Å². The molecule has 1 aliphatic rings. The van der Waals surface area contributed by atoms with E-state index in [4.69, 9.17) is 9.84 Å². The number of sulfone groups is 1. The van der Waals surface area contributed by atoms with Gasteiger partial charge in [0, 0.05) is 12.8 Å². The summed E-state index contributed by atoms with van der Waals surface area (Å²) in [6.07, 6.45) is -0.0773. The van der Waals surface area contributed by atoms with Crippen LogP contribution >= 0.6 is 0 Å². The van der Waals surface area contributed by atoms with Gasteiger partial charge in [-0.25, -0.2) is 13.2 Å². The number of nitrogens with one attached hydrogen (secondary N) is 1. The Bertz CT molecular complexity index is 470. The van der Waals surface area contributed by atoms with E-state index < -0.39 is 38.7 Å². The van der Waals surface area contributed by atoms with Crippen LogP contribution in [-0.4, -0.2) is 55.2 Å². The maximum atomic E-state index is 11.8. The minimum atomic E-state index is -3.30. The van der Waals surface area contributed by atoms with Crippen LogP contribution in [0.1, 0.15) is 26.7 Å². The van der Waals surface area contributed by atoms with Crippen LogP contribution in [0.25, 0.3) is 0 Å². The summed E-state index contributed by atoms with van der Waals surface area (Å²) in [5.41, 5.74) is 0. The second-order valence-electron chi connectivity index (χ2n) is 5.28. The van der Waals surface area contributed by atoms with E-state index in [2.05, 4.69) is 5.32 Å². The van der Waals surface area contributed by atoms with Crippen molar-refractivity contribution in [2.75, 3.05) is 12.8 Å². The zero-order chi connectivity index (χ0) is 14.8. The molecule has 2 N–H and O–H groups in total. The third-order valence-corrected chi connectivity index (χ3v) is 5.43. The quantitative estimate of drug-likeness (QED) is 0.711. The Hall–Kier alpha value is -1.15. The first kappa shape index (κ1) is 15.9. The van der Waals surface area contributed by atoms with Gasteiger partial charge in [-0.3, -0.25) is 4.79 Å². The molecule has 1 rings (SSSR count). The first-order valence-electron chi connectivity index (χ1n) is 5.90. The van der Waals surface area contributed by atoms with Crippen LogP contribution in [0.15, 0.2) is 0 Å². The molecule has 0 aromatic rings. The number of hydrogen-bond acceptors (Lipinski definition) is 5. The molecule has 1 amide bonds. The normalized spacial score (nSPS) is 24.2. The summed E-state index contributed by atoms with van der Waals surface area (Å²) < 4.78 is 26.9. The van der Waals surface area contributed by atoms with Gasteiger partial charge >= 0.3 is 5.97 Å². The zero-order valence-corrected chi connectivity index (χ0v) is 12.0. The van der Waals surface area contributed by atoms with Crippen molar-refractivity contribution < 1.29 is 27.9 Å². The molecule has 1 saturated heterocycles. The fraction of sp³-hybridized carbons (Fsp3) is 0.818. The molecule has 7 nitrogen and oxygen atoms in total. The molecule has 0 aromatic carbocycles. The molecule has 0 spiro atoms. The zero-order valence-electron chi connectivity index (χ0n) is 11.2. The molecule has 2 atom stereocenters. The maximum Gasteiger partial charge on any atom is 0.332 e. The van der Waals surface area contributed by atoms with Gasteiger partial charge in [0.1, 0.15) is 6.10 Å². The van der Waals surface area contributed by atoms with Crippen LogP contribution in [-0.2, 0) is 24.2 Å². The first-order chi connectivity index (χ1) is 8.54. The van der Waals surface area contributed by atoms with Crippen molar-refractivity contribution in [1.82, 2.24) is 5.32 Å².